The third-order valence-electron chi connectivity index (χ3n) is 2.28. The van der Waals surface area contributed by atoms with E-state index in [4.69, 9.17) is 10.5 Å². The van der Waals surface area contributed by atoms with Crippen molar-refractivity contribution in [1.82, 2.24) is 0 Å². The maximum absolute atomic E-state index is 11.6. The summed E-state index contributed by atoms with van der Waals surface area (Å²) in [7, 11) is 1.34. The molecule has 0 radical (unpaired) electrons. The minimum Gasteiger partial charge on any atom is -0.465 e. The summed E-state index contributed by atoms with van der Waals surface area (Å²) < 4.78 is 4.72. The largest absolute Gasteiger partial charge is 0.465 e. The van der Waals surface area contributed by atoms with Gasteiger partial charge >= 0.3 is 5.97 Å². The van der Waals surface area contributed by atoms with Gasteiger partial charge in [-0.1, -0.05) is 31.4 Å². The Labute approximate surface area is 101 Å². The Bertz CT molecular complexity index is 487. The number of esters is 1. The van der Waals surface area contributed by atoms with Gasteiger partial charge in [0.15, 0.2) is 0 Å². The summed E-state index contributed by atoms with van der Waals surface area (Å²) in [5.74, 6) is -0.406. The molecule has 0 spiro atoms. The van der Waals surface area contributed by atoms with Gasteiger partial charge in [-0.15, -0.1) is 0 Å². The molecular formula is C14H15NO2. The molecule has 0 aliphatic carbocycles. The molecule has 3 heteroatoms. The highest BCUT2D eigenvalue weighted by Gasteiger charge is 2.13. The highest BCUT2D eigenvalue weighted by atomic mass is 16.5. The minimum absolute atomic E-state index is 0.406. The lowest BCUT2D eigenvalue weighted by atomic mass is 9.98. The van der Waals surface area contributed by atoms with Crippen LogP contribution in [0.1, 0.15) is 15.9 Å². The number of hydrogen-bond acceptors (Lipinski definition) is 3. The average Bonchev–Trinajstić information content (AvgIpc) is 2.35. The summed E-state index contributed by atoms with van der Waals surface area (Å²) in [5.41, 5.74) is 8.20. The van der Waals surface area contributed by atoms with E-state index in [2.05, 4.69) is 13.2 Å². The molecule has 0 amide bonds. The predicted octanol–water partition coefficient (Wildman–Crippen LogP) is 2.81. The highest BCUT2D eigenvalue weighted by molar-refractivity contribution is 5.97. The van der Waals surface area contributed by atoms with Crippen molar-refractivity contribution in [1.29, 1.82) is 0 Å². The number of ether oxygens (including phenoxy) is 1. The Kier molecular flexibility index (Phi) is 4.29. The van der Waals surface area contributed by atoms with E-state index in [9.17, 15) is 4.79 Å². The maximum Gasteiger partial charge on any atom is 0.338 e. The number of carbonyl (C=O) groups is 1. The summed E-state index contributed by atoms with van der Waals surface area (Å²) in [6.45, 7) is 7.32. The molecule has 1 aromatic rings. The van der Waals surface area contributed by atoms with Crippen molar-refractivity contribution in [3.8, 4) is 0 Å². The van der Waals surface area contributed by atoms with Gasteiger partial charge in [0.05, 0.1) is 12.7 Å². The van der Waals surface area contributed by atoms with E-state index in [1.54, 1.807) is 36.4 Å². The van der Waals surface area contributed by atoms with Crippen molar-refractivity contribution in [2.24, 2.45) is 0 Å². The second-order valence-electron chi connectivity index (χ2n) is 3.36. The Hall–Kier alpha value is -2.29. The molecule has 0 aliphatic rings. The van der Waals surface area contributed by atoms with Crippen LogP contribution in [-0.2, 0) is 4.74 Å². The first-order chi connectivity index (χ1) is 8.13. The molecule has 0 atom stereocenters. The summed E-state index contributed by atoms with van der Waals surface area (Å²) in [6, 6.07) is 5.00. The standard InChI is InChI=1S/C14H15NO2/c1-4-6-10(5-2)13-9-11(15)7-8-12(13)14(16)17-3/h4-9H,1-2,15H2,3H3/b10-6+. The number of carbonyl (C=O) groups excluding carboxylic acids is 1. The molecule has 88 valence electrons. The monoisotopic (exact) mass is 229 g/mol. The van der Waals surface area contributed by atoms with Crippen LogP contribution < -0.4 is 5.73 Å². The van der Waals surface area contributed by atoms with Gasteiger partial charge < -0.3 is 10.5 Å². The zero-order valence-electron chi connectivity index (χ0n) is 9.77. The smallest absolute Gasteiger partial charge is 0.338 e. The number of allylic oxidation sites excluding steroid dienone is 4. The zero-order chi connectivity index (χ0) is 12.8. The van der Waals surface area contributed by atoms with Gasteiger partial charge in [0.2, 0.25) is 0 Å². The summed E-state index contributed by atoms with van der Waals surface area (Å²) in [4.78, 5) is 11.6. The molecule has 0 aliphatic heterocycles. The van der Waals surface area contributed by atoms with Gasteiger partial charge in [0, 0.05) is 5.69 Å². The molecule has 0 aromatic heterocycles. The fourth-order valence-electron chi connectivity index (χ4n) is 1.48. The van der Waals surface area contributed by atoms with E-state index in [0.717, 1.165) is 5.57 Å². The number of anilines is 1. The fraction of sp³-hybridized carbons (Fsp3) is 0.0714. The third kappa shape index (κ3) is 2.84. The van der Waals surface area contributed by atoms with Crippen LogP contribution in [-0.4, -0.2) is 13.1 Å². The van der Waals surface area contributed by atoms with Gasteiger partial charge in [-0.25, -0.2) is 4.79 Å². The van der Waals surface area contributed by atoms with Gasteiger partial charge in [0.25, 0.3) is 0 Å². The van der Waals surface area contributed by atoms with Crippen molar-refractivity contribution >= 4 is 17.2 Å². The minimum atomic E-state index is -0.406. The quantitative estimate of drug-likeness (QED) is 0.490. The van der Waals surface area contributed by atoms with Crippen LogP contribution in [0, 0.1) is 0 Å². The van der Waals surface area contributed by atoms with Crippen molar-refractivity contribution in [3.05, 3.63) is 60.7 Å². The van der Waals surface area contributed by atoms with E-state index in [1.807, 2.05) is 0 Å². The number of hydrogen-bond donors (Lipinski definition) is 1. The number of nitrogen functional groups attached to an aromatic ring is 1. The van der Waals surface area contributed by atoms with Crippen LogP contribution in [0.5, 0.6) is 0 Å². The number of benzene rings is 1. The van der Waals surface area contributed by atoms with Crippen LogP contribution in [0.3, 0.4) is 0 Å². The third-order valence-corrected chi connectivity index (χ3v) is 2.28. The molecular weight excluding hydrogens is 214 g/mol. The average molecular weight is 229 g/mol. The number of nitrogens with two attached hydrogens (primary N) is 1. The maximum atomic E-state index is 11.6. The molecule has 3 nitrogen and oxygen atoms in total. The second kappa shape index (κ2) is 5.70. The van der Waals surface area contributed by atoms with E-state index < -0.39 is 5.97 Å². The van der Waals surface area contributed by atoms with Crippen LogP contribution >= 0.6 is 0 Å². The number of methoxy groups -OCH3 is 1. The SMILES string of the molecule is C=C/C=C(\C=C)c1cc(N)ccc1C(=O)OC. The molecule has 2 N–H and O–H groups in total. The van der Waals surface area contributed by atoms with E-state index in [0.29, 0.717) is 16.8 Å². The van der Waals surface area contributed by atoms with Gasteiger partial charge in [-0.05, 0) is 29.3 Å². The first kappa shape index (κ1) is 12.8. The first-order valence-electron chi connectivity index (χ1n) is 5.07. The Balaban J connectivity index is 3.42. The topological polar surface area (TPSA) is 52.3 Å². The molecule has 0 heterocycles. The molecule has 17 heavy (non-hydrogen) atoms. The van der Waals surface area contributed by atoms with Crippen LogP contribution in [0.4, 0.5) is 5.69 Å². The van der Waals surface area contributed by atoms with E-state index in [1.165, 1.54) is 7.11 Å². The van der Waals surface area contributed by atoms with Crippen LogP contribution in [0.2, 0.25) is 0 Å². The lowest BCUT2D eigenvalue weighted by molar-refractivity contribution is 0.0600. The molecule has 0 fully saturated rings. The van der Waals surface area contributed by atoms with E-state index >= 15 is 0 Å². The lowest BCUT2D eigenvalue weighted by Crippen LogP contribution is -2.05. The Morgan fingerprint density at radius 2 is 2.06 bits per heavy atom. The van der Waals surface area contributed by atoms with Gasteiger partial charge in [-0.2, -0.15) is 0 Å². The zero-order valence-corrected chi connectivity index (χ0v) is 9.77. The number of rotatable bonds is 4. The van der Waals surface area contributed by atoms with Crippen molar-refractivity contribution in [3.63, 3.8) is 0 Å². The first-order valence-corrected chi connectivity index (χ1v) is 5.07. The summed E-state index contributed by atoms with van der Waals surface area (Å²) >= 11 is 0. The fourth-order valence-corrected chi connectivity index (χ4v) is 1.48. The van der Waals surface area contributed by atoms with Gasteiger partial charge in [0.1, 0.15) is 0 Å². The Morgan fingerprint density at radius 3 is 2.59 bits per heavy atom. The van der Waals surface area contributed by atoms with Crippen LogP contribution in [0.15, 0.2) is 49.6 Å². The molecule has 1 aromatic carbocycles. The van der Waals surface area contributed by atoms with Crippen molar-refractivity contribution < 1.29 is 9.53 Å². The predicted molar refractivity (Wildman–Crippen MR) is 70.6 cm³/mol. The molecule has 0 bridgehead atoms. The molecule has 0 saturated heterocycles. The molecule has 0 saturated carbocycles. The second-order valence-corrected chi connectivity index (χ2v) is 3.36. The van der Waals surface area contributed by atoms with Crippen molar-refractivity contribution in [2.45, 2.75) is 0 Å². The highest BCUT2D eigenvalue weighted by Crippen LogP contribution is 2.23. The Morgan fingerprint density at radius 1 is 1.35 bits per heavy atom. The summed E-state index contributed by atoms with van der Waals surface area (Å²) in [5, 5.41) is 0. The normalized spacial score (nSPS) is 10.8. The van der Waals surface area contributed by atoms with Crippen molar-refractivity contribution in [2.75, 3.05) is 12.8 Å². The molecule has 1 rings (SSSR count). The molecule has 0 unspecified atom stereocenters. The van der Waals surface area contributed by atoms with E-state index in [-0.39, 0.29) is 0 Å². The van der Waals surface area contributed by atoms with Gasteiger partial charge in [-0.3, -0.25) is 0 Å². The lowest BCUT2D eigenvalue weighted by Gasteiger charge is -2.09. The summed E-state index contributed by atoms with van der Waals surface area (Å²) in [6.07, 6.45) is 5.03. The van der Waals surface area contributed by atoms with Crippen LogP contribution in [0.25, 0.3) is 5.57 Å².